The Morgan fingerprint density at radius 3 is 2.31 bits per heavy atom. The van der Waals surface area contributed by atoms with Crippen LogP contribution < -0.4 is 0 Å². The Kier molecular flexibility index (Phi) is 3.86. The molecule has 0 heterocycles. The molecule has 0 N–H and O–H groups in total. The molecule has 0 aliphatic rings. The molecule has 2 nitrogen and oxygen atoms in total. The van der Waals surface area contributed by atoms with Gasteiger partial charge in [-0.15, -0.1) is 6.58 Å². The highest BCUT2D eigenvalue weighted by Gasteiger charge is 2.36. The lowest BCUT2D eigenvalue weighted by molar-refractivity contribution is 0.439. The maximum absolute atomic E-state index is 9.22. The van der Waals surface area contributed by atoms with Gasteiger partial charge >= 0.3 is 0 Å². The first-order valence-electron chi connectivity index (χ1n) is 5.18. The van der Waals surface area contributed by atoms with E-state index in [2.05, 4.69) is 18.7 Å². The molecule has 0 bridgehead atoms. The van der Waals surface area contributed by atoms with Gasteiger partial charge in [0.15, 0.2) is 5.41 Å². The Morgan fingerprint density at radius 1 is 1.31 bits per heavy atom. The van der Waals surface area contributed by atoms with Crippen LogP contribution in [-0.2, 0) is 0 Å². The van der Waals surface area contributed by atoms with Crippen molar-refractivity contribution in [1.82, 2.24) is 0 Å². The minimum absolute atomic E-state index is 0.123. The standard InChI is InChI=1S/C14H14N2/c1-3-9-14(10-15,11-16)12(2)13-7-5-4-6-8-13/h3-8,12H,1,9H2,2H3. The van der Waals surface area contributed by atoms with Crippen molar-refractivity contribution in [1.29, 1.82) is 10.5 Å². The van der Waals surface area contributed by atoms with Crippen LogP contribution in [0.25, 0.3) is 0 Å². The Labute approximate surface area is 96.4 Å². The third kappa shape index (κ3) is 2.12. The molecule has 2 heteroatoms. The highest BCUT2D eigenvalue weighted by molar-refractivity contribution is 5.30. The number of benzene rings is 1. The van der Waals surface area contributed by atoms with Crippen LogP contribution in [0.3, 0.4) is 0 Å². The summed E-state index contributed by atoms with van der Waals surface area (Å²) >= 11 is 0. The van der Waals surface area contributed by atoms with Crippen LogP contribution in [0.4, 0.5) is 0 Å². The van der Waals surface area contributed by atoms with E-state index in [-0.39, 0.29) is 5.92 Å². The smallest absolute Gasteiger partial charge is 0.153 e. The van der Waals surface area contributed by atoms with Crippen LogP contribution in [0.5, 0.6) is 0 Å². The summed E-state index contributed by atoms with van der Waals surface area (Å²) < 4.78 is 0. The third-order valence-electron chi connectivity index (χ3n) is 2.90. The topological polar surface area (TPSA) is 47.6 Å². The van der Waals surface area contributed by atoms with Crippen molar-refractivity contribution in [3.05, 3.63) is 48.6 Å². The van der Waals surface area contributed by atoms with E-state index < -0.39 is 5.41 Å². The molecule has 0 fully saturated rings. The average Bonchev–Trinajstić information content (AvgIpc) is 2.36. The van der Waals surface area contributed by atoms with E-state index in [9.17, 15) is 10.5 Å². The molecule has 0 aliphatic carbocycles. The maximum atomic E-state index is 9.22. The quantitative estimate of drug-likeness (QED) is 0.715. The number of rotatable bonds is 4. The second-order valence-corrected chi connectivity index (χ2v) is 3.82. The maximum Gasteiger partial charge on any atom is 0.153 e. The lowest BCUT2D eigenvalue weighted by Crippen LogP contribution is -2.23. The lowest BCUT2D eigenvalue weighted by atomic mass is 9.73. The average molecular weight is 210 g/mol. The molecule has 0 aliphatic heterocycles. The first-order chi connectivity index (χ1) is 7.70. The van der Waals surface area contributed by atoms with Gasteiger partial charge in [0.2, 0.25) is 0 Å². The van der Waals surface area contributed by atoms with Gasteiger partial charge in [0, 0.05) is 5.92 Å². The van der Waals surface area contributed by atoms with Crippen molar-refractivity contribution in [3.8, 4) is 12.1 Å². The first kappa shape index (κ1) is 12.0. The number of hydrogen-bond donors (Lipinski definition) is 0. The molecule has 0 radical (unpaired) electrons. The molecule has 80 valence electrons. The number of nitriles is 2. The molecule has 1 aromatic rings. The normalized spacial score (nSPS) is 12.2. The predicted octanol–water partition coefficient (Wildman–Crippen LogP) is 3.40. The summed E-state index contributed by atoms with van der Waals surface area (Å²) in [6.07, 6.45) is 2.02. The van der Waals surface area contributed by atoms with Crippen molar-refractivity contribution in [2.45, 2.75) is 19.3 Å². The molecule has 0 saturated carbocycles. The van der Waals surface area contributed by atoms with Gasteiger partial charge in [0.1, 0.15) is 0 Å². The number of hydrogen-bond acceptors (Lipinski definition) is 2. The molecule has 1 aromatic carbocycles. The van der Waals surface area contributed by atoms with Crippen LogP contribution >= 0.6 is 0 Å². The van der Waals surface area contributed by atoms with Gasteiger partial charge in [0.05, 0.1) is 12.1 Å². The van der Waals surface area contributed by atoms with Crippen LogP contribution in [-0.4, -0.2) is 0 Å². The number of nitrogens with zero attached hydrogens (tertiary/aromatic N) is 2. The van der Waals surface area contributed by atoms with E-state index in [1.54, 1.807) is 6.08 Å². The summed E-state index contributed by atoms with van der Waals surface area (Å²) in [5.41, 5.74) is -0.00391. The minimum atomic E-state index is -1.01. The minimum Gasteiger partial charge on any atom is -0.197 e. The van der Waals surface area contributed by atoms with E-state index >= 15 is 0 Å². The zero-order valence-corrected chi connectivity index (χ0v) is 9.35. The molecule has 1 rings (SSSR count). The van der Waals surface area contributed by atoms with Gasteiger partial charge in [-0.25, -0.2) is 0 Å². The van der Waals surface area contributed by atoms with E-state index in [1.807, 2.05) is 37.3 Å². The van der Waals surface area contributed by atoms with E-state index in [1.165, 1.54) is 0 Å². The van der Waals surface area contributed by atoms with Crippen molar-refractivity contribution in [3.63, 3.8) is 0 Å². The molecular weight excluding hydrogens is 196 g/mol. The van der Waals surface area contributed by atoms with E-state index in [0.717, 1.165) is 5.56 Å². The van der Waals surface area contributed by atoms with Gasteiger partial charge in [-0.1, -0.05) is 43.3 Å². The summed E-state index contributed by atoms with van der Waals surface area (Å²) in [4.78, 5) is 0. The number of allylic oxidation sites excluding steroid dienone is 1. The van der Waals surface area contributed by atoms with Crippen molar-refractivity contribution >= 4 is 0 Å². The van der Waals surface area contributed by atoms with Crippen LogP contribution in [0.2, 0.25) is 0 Å². The summed E-state index contributed by atoms with van der Waals surface area (Å²) in [6, 6.07) is 13.9. The molecule has 16 heavy (non-hydrogen) atoms. The van der Waals surface area contributed by atoms with Crippen molar-refractivity contribution in [2.75, 3.05) is 0 Å². The second kappa shape index (κ2) is 5.14. The van der Waals surface area contributed by atoms with Crippen molar-refractivity contribution in [2.24, 2.45) is 5.41 Å². The molecule has 1 atom stereocenters. The Bertz CT molecular complexity index is 420. The van der Waals surface area contributed by atoms with Gasteiger partial charge in [-0.3, -0.25) is 0 Å². The third-order valence-corrected chi connectivity index (χ3v) is 2.90. The Hall–Kier alpha value is -2.06. The largest absolute Gasteiger partial charge is 0.197 e. The fourth-order valence-corrected chi connectivity index (χ4v) is 1.74. The predicted molar refractivity (Wildman–Crippen MR) is 63.3 cm³/mol. The van der Waals surface area contributed by atoms with E-state index in [4.69, 9.17) is 0 Å². The monoisotopic (exact) mass is 210 g/mol. The second-order valence-electron chi connectivity index (χ2n) is 3.82. The highest BCUT2D eigenvalue weighted by Crippen LogP contribution is 2.37. The van der Waals surface area contributed by atoms with Gasteiger partial charge in [-0.05, 0) is 12.0 Å². The molecule has 0 aromatic heterocycles. The summed E-state index contributed by atoms with van der Waals surface area (Å²) in [6.45, 7) is 5.52. The molecule has 1 unspecified atom stereocenters. The first-order valence-corrected chi connectivity index (χ1v) is 5.18. The SMILES string of the molecule is C=CCC(C#N)(C#N)C(C)c1ccccc1. The molecule has 0 saturated heterocycles. The lowest BCUT2D eigenvalue weighted by Gasteiger charge is -2.25. The Balaban J connectivity index is 3.12. The molecular formula is C14H14N2. The van der Waals surface area contributed by atoms with E-state index in [0.29, 0.717) is 6.42 Å². The van der Waals surface area contributed by atoms with Crippen LogP contribution in [0.1, 0.15) is 24.8 Å². The molecule has 0 amide bonds. The van der Waals surface area contributed by atoms with Gasteiger partial charge in [-0.2, -0.15) is 10.5 Å². The van der Waals surface area contributed by atoms with Crippen LogP contribution in [0.15, 0.2) is 43.0 Å². The highest BCUT2D eigenvalue weighted by atomic mass is 14.4. The fourth-order valence-electron chi connectivity index (χ4n) is 1.74. The van der Waals surface area contributed by atoms with Crippen LogP contribution in [0, 0.1) is 28.1 Å². The molecule has 0 spiro atoms. The summed E-state index contributed by atoms with van der Waals surface area (Å²) in [5, 5.41) is 18.4. The Morgan fingerprint density at radius 2 is 1.88 bits per heavy atom. The summed E-state index contributed by atoms with van der Waals surface area (Å²) in [7, 11) is 0. The zero-order chi connectivity index (χ0) is 12.0. The van der Waals surface area contributed by atoms with Gasteiger partial charge in [0.25, 0.3) is 0 Å². The summed E-state index contributed by atoms with van der Waals surface area (Å²) in [5.74, 6) is -0.123. The fraction of sp³-hybridized carbons (Fsp3) is 0.286. The zero-order valence-electron chi connectivity index (χ0n) is 9.35. The van der Waals surface area contributed by atoms with Gasteiger partial charge < -0.3 is 0 Å². The van der Waals surface area contributed by atoms with Crippen molar-refractivity contribution < 1.29 is 0 Å².